The summed E-state index contributed by atoms with van der Waals surface area (Å²) >= 11 is 3.46. The first-order valence-electron chi connectivity index (χ1n) is 6.52. The van der Waals surface area contributed by atoms with E-state index in [1.807, 2.05) is 56.3 Å². The van der Waals surface area contributed by atoms with Crippen LogP contribution in [0.25, 0.3) is 0 Å². The zero-order valence-electron chi connectivity index (χ0n) is 11.5. The molecule has 2 aromatic rings. The van der Waals surface area contributed by atoms with E-state index in [0.29, 0.717) is 5.56 Å². The van der Waals surface area contributed by atoms with E-state index in [-0.39, 0.29) is 5.91 Å². The quantitative estimate of drug-likeness (QED) is 0.868. The second kappa shape index (κ2) is 6.57. The van der Waals surface area contributed by atoms with Gasteiger partial charge in [-0.3, -0.25) is 4.79 Å². The van der Waals surface area contributed by atoms with Crippen molar-refractivity contribution in [2.45, 2.75) is 13.8 Å². The summed E-state index contributed by atoms with van der Waals surface area (Å²) in [6.45, 7) is 4.87. The third kappa shape index (κ3) is 3.39. The van der Waals surface area contributed by atoms with E-state index in [0.717, 1.165) is 28.0 Å². The average Bonchev–Trinajstić information content (AvgIpc) is 2.45. The van der Waals surface area contributed by atoms with Gasteiger partial charge < -0.3 is 10.6 Å². The first-order valence-corrected chi connectivity index (χ1v) is 7.31. The minimum atomic E-state index is -0.103. The first-order chi connectivity index (χ1) is 9.61. The molecule has 0 atom stereocenters. The van der Waals surface area contributed by atoms with Gasteiger partial charge in [0.05, 0.1) is 0 Å². The molecule has 104 valence electrons. The van der Waals surface area contributed by atoms with Crippen LogP contribution in [0.3, 0.4) is 0 Å². The predicted molar refractivity (Wildman–Crippen MR) is 87.4 cm³/mol. The highest BCUT2D eigenvalue weighted by Crippen LogP contribution is 2.24. The molecule has 0 spiro atoms. The van der Waals surface area contributed by atoms with Crippen LogP contribution in [0.1, 0.15) is 22.8 Å². The van der Waals surface area contributed by atoms with Crippen molar-refractivity contribution in [1.82, 2.24) is 0 Å². The highest BCUT2D eigenvalue weighted by molar-refractivity contribution is 9.10. The van der Waals surface area contributed by atoms with Crippen molar-refractivity contribution in [3.05, 3.63) is 58.1 Å². The summed E-state index contributed by atoms with van der Waals surface area (Å²) in [5.74, 6) is -0.103. The highest BCUT2D eigenvalue weighted by Gasteiger charge is 2.08. The number of halogens is 1. The molecule has 0 fully saturated rings. The van der Waals surface area contributed by atoms with Crippen molar-refractivity contribution < 1.29 is 4.79 Å². The molecule has 20 heavy (non-hydrogen) atoms. The molecule has 2 rings (SSSR count). The van der Waals surface area contributed by atoms with E-state index in [2.05, 4.69) is 26.6 Å². The fourth-order valence-electron chi connectivity index (χ4n) is 1.88. The molecule has 0 saturated heterocycles. The Labute approximate surface area is 127 Å². The number of hydrogen-bond acceptors (Lipinski definition) is 2. The topological polar surface area (TPSA) is 41.1 Å². The Morgan fingerprint density at radius 2 is 1.85 bits per heavy atom. The van der Waals surface area contributed by atoms with Crippen molar-refractivity contribution in [1.29, 1.82) is 0 Å². The maximum atomic E-state index is 12.2. The molecule has 1 amide bonds. The van der Waals surface area contributed by atoms with Gasteiger partial charge in [0.15, 0.2) is 0 Å². The van der Waals surface area contributed by atoms with Crippen LogP contribution in [0.15, 0.2) is 46.9 Å². The number of amides is 1. The SMILES string of the molecule is CCNc1ccc(C(=O)Nc2cccc(Br)c2C)cc1. The van der Waals surface area contributed by atoms with Gasteiger partial charge in [0.1, 0.15) is 0 Å². The van der Waals surface area contributed by atoms with Crippen molar-refractivity contribution in [3.63, 3.8) is 0 Å². The smallest absolute Gasteiger partial charge is 0.255 e. The van der Waals surface area contributed by atoms with Crippen LogP contribution < -0.4 is 10.6 Å². The van der Waals surface area contributed by atoms with E-state index in [9.17, 15) is 4.79 Å². The van der Waals surface area contributed by atoms with E-state index in [1.165, 1.54) is 0 Å². The van der Waals surface area contributed by atoms with Gasteiger partial charge >= 0.3 is 0 Å². The normalized spacial score (nSPS) is 10.2. The van der Waals surface area contributed by atoms with E-state index in [4.69, 9.17) is 0 Å². The molecule has 0 bridgehead atoms. The summed E-state index contributed by atoms with van der Waals surface area (Å²) in [7, 11) is 0. The standard InChI is InChI=1S/C16H17BrN2O/c1-3-18-13-9-7-12(8-10-13)16(20)19-15-6-4-5-14(17)11(15)2/h4-10,18H,3H2,1-2H3,(H,19,20). The predicted octanol–water partition coefficient (Wildman–Crippen LogP) is 4.44. The van der Waals surface area contributed by atoms with Crippen LogP contribution >= 0.6 is 15.9 Å². The molecule has 0 aliphatic rings. The summed E-state index contributed by atoms with van der Waals surface area (Å²) in [6, 6.07) is 13.2. The monoisotopic (exact) mass is 332 g/mol. The van der Waals surface area contributed by atoms with E-state index >= 15 is 0 Å². The fourth-order valence-corrected chi connectivity index (χ4v) is 2.25. The number of nitrogens with one attached hydrogen (secondary N) is 2. The van der Waals surface area contributed by atoms with Crippen LogP contribution in [0.4, 0.5) is 11.4 Å². The Morgan fingerprint density at radius 1 is 1.15 bits per heavy atom. The number of hydrogen-bond donors (Lipinski definition) is 2. The molecule has 0 saturated carbocycles. The molecule has 0 unspecified atom stereocenters. The van der Waals surface area contributed by atoms with Crippen molar-refractivity contribution in [2.24, 2.45) is 0 Å². The Bertz CT molecular complexity index is 608. The number of rotatable bonds is 4. The maximum Gasteiger partial charge on any atom is 0.255 e. The van der Waals surface area contributed by atoms with E-state index in [1.54, 1.807) is 0 Å². The molecule has 0 heterocycles. The minimum Gasteiger partial charge on any atom is -0.385 e. The van der Waals surface area contributed by atoms with Crippen LogP contribution in [0.5, 0.6) is 0 Å². The molecule has 0 radical (unpaired) electrons. The fraction of sp³-hybridized carbons (Fsp3) is 0.188. The van der Waals surface area contributed by atoms with Gasteiger partial charge in [-0.15, -0.1) is 0 Å². The Balaban J connectivity index is 2.13. The lowest BCUT2D eigenvalue weighted by Crippen LogP contribution is -2.12. The molecule has 0 aromatic heterocycles. The molecule has 2 aromatic carbocycles. The largest absolute Gasteiger partial charge is 0.385 e. The van der Waals surface area contributed by atoms with Gasteiger partial charge in [0.25, 0.3) is 5.91 Å². The number of carbonyl (C=O) groups excluding carboxylic acids is 1. The van der Waals surface area contributed by atoms with Crippen LogP contribution in [0.2, 0.25) is 0 Å². The third-order valence-corrected chi connectivity index (χ3v) is 3.90. The summed E-state index contributed by atoms with van der Waals surface area (Å²) < 4.78 is 0.984. The van der Waals surface area contributed by atoms with Gasteiger partial charge in [0, 0.05) is 28.0 Å². The zero-order valence-corrected chi connectivity index (χ0v) is 13.1. The highest BCUT2D eigenvalue weighted by atomic mass is 79.9. The lowest BCUT2D eigenvalue weighted by atomic mass is 10.1. The van der Waals surface area contributed by atoms with Crippen LogP contribution in [-0.4, -0.2) is 12.5 Å². The van der Waals surface area contributed by atoms with Crippen molar-refractivity contribution >= 4 is 33.2 Å². The Kier molecular flexibility index (Phi) is 4.79. The Hall–Kier alpha value is -1.81. The van der Waals surface area contributed by atoms with Crippen molar-refractivity contribution in [2.75, 3.05) is 17.2 Å². The third-order valence-electron chi connectivity index (χ3n) is 3.04. The second-order valence-corrected chi connectivity index (χ2v) is 5.33. The number of anilines is 2. The maximum absolute atomic E-state index is 12.2. The Morgan fingerprint density at radius 3 is 2.50 bits per heavy atom. The van der Waals surface area contributed by atoms with Crippen molar-refractivity contribution in [3.8, 4) is 0 Å². The van der Waals surface area contributed by atoms with Gasteiger partial charge in [-0.25, -0.2) is 0 Å². The summed E-state index contributed by atoms with van der Waals surface area (Å²) in [6.07, 6.45) is 0. The molecular weight excluding hydrogens is 316 g/mol. The summed E-state index contributed by atoms with van der Waals surface area (Å²) in [5, 5.41) is 6.13. The van der Waals surface area contributed by atoms with Gasteiger partial charge in [-0.1, -0.05) is 22.0 Å². The summed E-state index contributed by atoms with van der Waals surface area (Å²) in [5.41, 5.74) is 3.50. The lowest BCUT2D eigenvalue weighted by Gasteiger charge is -2.10. The first kappa shape index (κ1) is 14.6. The zero-order chi connectivity index (χ0) is 14.5. The number of carbonyl (C=O) groups is 1. The second-order valence-electron chi connectivity index (χ2n) is 4.47. The molecular formula is C16H17BrN2O. The lowest BCUT2D eigenvalue weighted by molar-refractivity contribution is 0.102. The number of benzene rings is 2. The van der Waals surface area contributed by atoms with Crippen LogP contribution in [0, 0.1) is 6.92 Å². The van der Waals surface area contributed by atoms with Gasteiger partial charge in [0.2, 0.25) is 0 Å². The minimum absolute atomic E-state index is 0.103. The molecule has 0 aliphatic heterocycles. The van der Waals surface area contributed by atoms with Gasteiger partial charge in [-0.2, -0.15) is 0 Å². The van der Waals surface area contributed by atoms with E-state index < -0.39 is 0 Å². The summed E-state index contributed by atoms with van der Waals surface area (Å²) in [4.78, 5) is 12.2. The average molecular weight is 333 g/mol. The molecule has 4 heteroatoms. The van der Waals surface area contributed by atoms with Crippen LogP contribution in [-0.2, 0) is 0 Å². The molecule has 3 nitrogen and oxygen atoms in total. The molecule has 2 N–H and O–H groups in total. The van der Waals surface area contributed by atoms with Gasteiger partial charge in [-0.05, 0) is 55.8 Å². The molecule has 0 aliphatic carbocycles.